The summed E-state index contributed by atoms with van der Waals surface area (Å²) in [5, 5.41) is 14.0. The molecule has 170 valence electrons. The van der Waals surface area contributed by atoms with Gasteiger partial charge in [0.2, 0.25) is 5.95 Å². The molecule has 0 radical (unpaired) electrons. The molecule has 0 spiro atoms. The van der Waals surface area contributed by atoms with Crippen molar-refractivity contribution in [2.75, 3.05) is 44.4 Å². The fraction of sp³-hybridized carbons (Fsp3) is 0.440. The Balaban J connectivity index is 1.46. The number of aliphatic hydroxyl groups excluding tert-OH is 1. The summed E-state index contributed by atoms with van der Waals surface area (Å²) in [7, 11) is 6.27. The van der Waals surface area contributed by atoms with Gasteiger partial charge in [-0.15, -0.1) is 0 Å². The van der Waals surface area contributed by atoms with E-state index in [1.165, 1.54) is 5.69 Å². The van der Waals surface area contributed by atoms with Gasteiger partial charge in [-0.1, -0.05) is 12.1 Å². The fourth-order valence-electron chi connectivity index (χ4n) is 3.93. The number of likely N-dealkylation sites (N-methyl/N-ethyl adjacent to an activating group) is 2. The Hall–Kier alpha value is -2.90. The van der Waals surface area contributed by atoms with Crippen LogP contribution in [0.3, 0.4) is 0 Å². The minimum absolute atomic E-state index is 0.118. The molecule has 32 heavy (non-hydrogen) atoms. The van der Waals surface area contributed by atoms with Gasteiger partial charge in [-0.25, -0.2) is 9.97 Å². The number of benzene rings is 2. The minimum Gasteiger partial charge on any atom is -0.488 e. The highest BCUT2D eigenvalue weighted by atomic mass is 16.5. The average Bonchev–Trinajstić information content (AvgIpc) is 2.80. The smallest absolute Gasteiger partial charge is 0.227 e. The molecule has 1 saturated carbocycles. The second kappa shape index (κ2) is 10.1. The van der Waals surface area contributed by atoms with Gasteiger partial charge < -0.3 is 25.0 Å². The number of para-hydroxylation sites is 1. The molecule has 0 aliphatic heterocycles. The van der Waals surface area contributed by atoms with Gasteiger partial charge in [0, 0.05) is 43.1 Å². The summed E-state index contributed by atoms with van der Waals surface area (Å²) >= 11 is 0. The van der Waals surface area contributed by atoms with Gasteiger partial charge in [0.25, 0.3) is 0 Å². The first-order valence-corrected chi connectivity index (χ1v) is 11.3. The molecule has 1 aliphatic rings. The summed E-state index contributed by atoms with van der Waals surface area (Å²) in [6.07, 6.45) is 5.05. The normalized spacial score (nSPS) is 18.7. The Morgan fingerprint density at radius 2 is 1.75 bits per heavy atom. The van der Waals surface area contributed by atoms with Crippen molar-refractivity contribution in [2.24, 2.45) is 0 Å². The third-order valence-corrected chi connectivity index (χ3v) is 5.96. The lowest BCUT2D eigenvalue weighted by molar-refractivity contribution is 0.0672. The summed E-state index contributed by atoms with van der Waals surface area (Å²) in [5.41, 5.74) is 2.91. The fourth-order valence-corrected chi connectivity index (χ4v) is 3.93. The third-order valence-electron chi connectivity index (χ3n) is 5.96. The van der Waals surface area contributed by atoms with Gasteiger partial charge in [0.05, 0.1) is 12.2 Å². The summed E-state index contributed by atoms with van der Waals surface area (Å²) < 4.78 is 6.27. The highest BCUT2D eigenvalue weighted by Crippen LogP contribution is 2.29. The van der Waals surface area contributed by atoms with Crippen molar-refractivity contribution in [1.82, 2.24) is 14.9 Å². The van der Waals surface area contributed by atoms with Crippen LogP contribution in [0, 0.1) is 0 Å². The van der Waals surface area contributed by atoms with Crippen LogP contribution in [0.2, 0.25) is 0 Å². The van der Waals surface area contributed by atoms with Gasteiger partial charge in [0.15, 0.2) is 0 Å². The number of aromatic nitrogens is 2. The van der Waals surface area contributed by atoms with E-state index in [2.05, 4.69) is 53.4 Å². The SMILES string of the molecule is CN(C)CCN(C)c1ccc(Nc2ncc3cccc(OC4CCC(O)CC4)c3n2)cc1. The molecule has 4 rings (SSSR count). The first kappa shape index (κ1) is 22.3. The molecule has 0 amide bonds. The maximum atomic E-state index is 9.75. The van der Waals surface area contributed by atoms with Crippen molar-refractivity contribution < 1.29 is 9.84 Å². The standard InChI is InChI=1S/C25H33N5O2/c1-29(2)15-16-30(3)20-9-7-19(8-10-20)27-25-26-17-18-5-4-6-23(24(18)28-25)32-22-13-11-21(31)12-14-22/h4-10,17,21-22,31H,11-16H2,1-3H3,(H,26,27,28). The summed E-state index contributed by atoms with van der Waals surface area (Å²) in [6.45, 7) is 1.98. The first-order valence-electron chi connectivity index (χ1n) is 11.3. The van der Waals surface area contributed by atoms with E-state index in [0.29, 0.717) is 5.95 Å². The number of aliphatic hydroxyl groups is 1. The second-order valence-corrected chi connectivity index (χ2v) is 8.83. The third kappa shape index (κ3) is 5.66. The largest absolute Gasteiger partial charge is 0.488 e. The van der Waals surface area contributed by atoms with Gasteiger partial charge in [-0.2, -0.15) is 0 Å². The second-order valence-electron chi connectivity index (χ2n) is 8.83. The zero-order chi connectivity index (χ0) is 22.5. The van der Waals surface area contributed by atoms with Crippen molar-refractivity contribution >= 4 is 28.2 Å². The molecule has 1 heterocycles. The van der Waals surface area contributed by atoms with Crippen molar-refractivity contribution in [1.29, 1.82) is 0 Å². The number of ether oxygens (including phenoxy) is 1. The molecule has 7 heteroatoms. The molecular weight excluding hydrogens is 402 g/mol. The molecule has 0 bridgehead atoms. The highest BCUT2D eigenvalue weighted by molar-refractivity contribution is 5.85. The summed E-state index contributed by atoms with van der Waals surface area (Å²) in [6, 6.07) is 14.2. The predicted molar refractivity (Wildman–Crippen MR) is 130 cm³/mol. The van der Waals surface area contributed by atoms with Crippen LogP contribution in [-0.2, 0) is 0 Å². The Morgan fingerprint density at radius 3 is 2.47 bits per heavy atom. The van der Waals surface area contributed by atoms with Crippen LogP contribution in [-0.4, -0.2) is 66.4 Å². The average molecular weight is 436 g/mol. The van der Waals surface area contributed by atoms with Crippen molar-refractivity contribution in [3.05, 3.63) is 48.7 Å². The predicted octanol–water partition coefficient (Wildman–Crippen LogP) is 4.05. The number of hydrogen-bond acceptors (Lipinski definition) is 7. The number of fused-ring (bicyclic) bond motifs is 1. The molecule has 2 aromatic carbocycles. The van der Waals surface area contributed by atoms with Gasteiger partial charge in [-0.3, -0.25) is 0 Å². The molecular formula is C25H33N5O2. The van der Waals surface area contributed by atoms with E-state index in [-0.39, 0.29) is 12.2 Å². The van der Waals surface area contributed by atoms with Crippen LogP contribution in [0.1, 0.15) is 25.7 Å². The molecule has 1 fully saturated rings. The van der Waals surface area contributed by atoms with Crippen LogP contribution in [0.25, 0.3) is 10.9 Å². The number of anilines is 3. The number of rotatable bonds is 8. The van der Waals surface area contributed by atoms with Crippen LogP contribution >= 0.6 is 0 Å². The quantitative estimate of drug-likeness (QED) is 0.553. The monoisotopic (exact) mass is 435 g/mol. The molecule has 0 saturated heterocycles. The molecule has 3 aromatic rings. The van der Waals surface area contributed by atoms with E-state index < -0.39 is 0 Å². The molecule has 1 aliphatic carbocycles. The lowest BCUT2D eigenvalue weighted by Crippen LogP contribution is -2.28. The Kier molecular flexibility index (Phi) is 7.07. The van der Waals surface area contributed by atoms with Crippen molar-refractivity contribution in [3.63, 3.8) is 0 Å². The summed E-state index contributed by atoms with van der Waals surface area (Å²) in [4.78, 5) is 13.6. The summed E-state index contributed by atoms with van der Waals surface area (Å²) in [5.74, 6) is 1.31. The van der Waals surface area contributed by atoms with E-state index in [1.807, 2.05) is 36.5 Å². The van der Waals surface area contributed by atoms with Crippen LogP contribution in [0.15, 0.2) is 48.7 Å². The van der Waals surface area contributed by atoms with Gasteiger partial charge in [-0.05, 0) is 70.1 Å². The van der Waals surface area contributed by atoms with E-state index >= 15 is 0 Å². The Bertz CT molecular complexity index is 1020. The van der Waals surface area contributed by atoms with E-state index in [1.54, 1.807) is 0 Å². The Labute approximate surface area is 190 Å². The molecule has 0 atom stereocenters. The maximum absolute atomic E-state index is 9.75. The molecule has 0 unspecified atom stereocenters. The van der Waals surface area contributed by atoms with Crippen molar-refractivity contribution in [3.8, 4) is 5.75 Å². The van der Waals surface area contributed by atoms with Gasteiger partial charge in [0.1, 0.15) is 11.3 Å². The lowest BCUT2D eigenvalue weighted by Gasteiger charge is -2.26. The van der Waals surface area contributed by atoms with Crippen molar-refractivity contribution in [2.45, 2.75) is 37.9 Å². The molecule has 1 aromatic heterocycles. The maximum Gasteiger partial charge on any atom is 0.227 e. The van der Waals surface area contributed by atoms with E-state index in [4.69, 9.17) is 9.72 Å². The molecule has 7 nitrogen and oxygen atoms in total. The van der Waals surface area contributed by atoms with Crippen LogP contribution in [0.5, 0.6) is 5.75 Å². The van der Waals surface area contributed by atoms with Crippen LogP contribution in [0.4, 0.5) is 17.3 Å². The van der Waals surface area contributed by atoms with E-state index in [9.17, 15) is 5.11 Å². The zero-order valence-corrected chi connectivity index (χ0v) is 19.2. The van der Waals surface area contributed by atoms with Gasteiger partial charge >= 0.3 is 0 Å². The minimum atomic E-state index is -0.195. The lowest BCUT2D eigenvalue weighted by atomic mass is 9.95. The molecule has 2 N–H and O–H groups in total. The topological polar surface area (TPSA) is 73.8 Å². The van der Waals surface area contributed by atoms with E-state index in [0.717, 1.165) is 61.1 Å². The zero-order valence-electron chi connectivity index (χ0n) is 19.2. The Morgan fingerprint density at radius 1 is 1.00 bits per heavy atom. The first-order chi connectivity index (χ1) is 15.5. The number of hydrogen-bond donors (Lipinski definition) is 2. The highest BCUT2D eigenvalue weighted by Gasteiger charge is 2.21. The number of nitrogens with one attached hydrogen (secondary N) is 1. The number of nitrogens with zero attached hydrogens (tertiary/aromatic N) is 4. The van der Waals surface area contributed by atoms with Crippen LogP contribution < -0.4 is 15.0 Å².